The van der Waals surface area contributed by atoms with Crippen LogP contribution in [0.4, 0.5) is 13.2 Å². The first-order valence-corrected chi connectivity index (χ1v) is 3.18. The Morgan fingerprint density at radius 2 is 1.38 bits per heavy atom. The van der Waals surface area contributed by atoms with Crippen LogP contribution in [-0.4, -0.2) is 48.1 Å². The van der Waals surface area contributed by atoms with Gasteiger partial charge in [0.25, 0.3) is 6.29 Å². The third kappa shape index (κ3) is 6.78. The zero-order chi connectivity index (χ0) is 10.5. The van der Waals surface area contributed by atoms with Crippen LogP contribution < -0.4 is 0 Å². The lowest BCUT2D eigenvalue weighted by molar-refractivity contribution is -0.272. The summed E-state index contributed by atoms with van der Waals surface area (Å²) in [7, 11) is -2.17. The summed E-state index contributed by atoms with van der Waals surface area (Å²) < 4.78 is 42.9. The Hall–Kier alpha value is -0.345. The predicted molar refractivity (Wildman–Crippen MR) is 34.2 cm³/mol. The van der Waals surface area contributed by atoms with Crippen molar-refractivity contribution >= 4 is 7.32 Å². The van der Waals surface area contributed by atoms with E-state index in [9.17, 15) is 13.2 Å². The van der Waals surface area contributed by atoms with Crippen LogP contribution in [0.2, 0.25) is 0 Å². The van der Waals surface area contributed by atoms with Gasteiger partial charge in [-0.05, 0) is 0 Å². The van der Waals surface area contributed by atoms with Gasteiger partial charge in [-0.15, -0.1) is 0 Å². The lowest BCUT2D eigenvalue weighted by Crippen LogP contribution is -2.29. The highest BCUT2D eigenvalue weighted by Crippen LogP contribution is 2.25. The largest absolute Gasteiger partial charge is 0.631 e. The fraction of sp³-hybridized carbons (Fsp3) is 1.00. The van der Waals surface area contributed by atoms with Gasteiger partial charge in [0.2, 0.25) is 0 Å². The average Bonchev–Trinajstić information content (AvgIpc) is 2.31. The second kappa shape index (κ2) is 5.40. The second-order valence-electron chi connectivity index (χ2n) is 1.96. The van der Waals surface area contributed by atoms with E-state index >= 15 is 0 Å². The molecule has 0 unspecified atom stereocenters. The Balaban J connectivity index is 0.000000310. The van der Waals surface area contributed by atoms with Crippen LogP contribution in [-0.2, 0) is 9.47 Å². The van der Waals surface area contributed by atoms with E-state index in [4.69, 9.17) is 15.1 Å². The van der Waals surface area contributed by atoms with E-state index in [0.29, 0.717) is 0 Å². The van der Waals surface area contributed by atoms with Crippen molar-refractivity contribution in [2.45, 2.75) is 12.5 Å². The van der Waals surface area contributed by atoms with Crippen LogP contribution in [0.3, 0.4) is 0 Å². The lowest BCUT2D eigenvalue weighted by atomic mass is 10.3. The van der Waals surface area contributed by atoms with Crippen LogP contribution in [0.15, 0.2) is 0 Å². The molecule has 0 radical (unpaired) electrons. The molecule has 1 fully saturated rings. The monoisotopic (exact) mass is 204 g/mol. The Bertz CT molecular complexity index is 131. The van der Waals surface area contributed by atoms with Gasteiger partial charge in [0.05, 0.1) is 13.2 Å². The standard InChI is InChI=1S/C4H5F3O2.BH3O3/c5-4(6,7)3-8-1-2-9-3;2-1(3)4/h3H,1-2H2;2-4H. The molecule has 0 aromatic heterocycles. The Morgan fingerprint density at radius 3 is 1.54 bits per heavy atom. The number of hydrogen-bond acceptors (Lipinski definition) is 5. The van der Waals surface area contributed by atoms with Crippen molar-refractivity contribution in [1.29, 1.82) is 0 Å². The van der Waals surface area contributed by atoms with Crippen molar-refractivity contribution < 1.29 is 37.7 Å². The smallest absolute Gasteiger partial charge is 0.402 e. The molecule has 1 aliphatic rings. The first-order chi connectivity index (χ1) is 5.84. The zero-order valence-corrected chi connectivity index (χ0v) is 6.36. The highest BCUT2D eigenvalue weighted by molar-refractivity contribution is 6.30. The number of hydrogen-bond donors (Lipinski definition) is 3. The highest BCUT2D eigenvalue weighted by atomic mass is 19.4. The molecule has 1 aliphatic heterocycles. The summed E-state index contributed by atoms with van der Waals surface area (Å²) >= 11 is 0. The van der Waals surface area contributed by atoms with Gasteiger partial charge in [-0.25, -0.2) is 0 Å². The minimum atomic E-state index is -4.36. The molecule has 1 heterocycles. The third-order valence-corrected chi connectivity index (χ3v) is 0.889. The molecule has 0 amide bonds. The summed E-state index contributed by atoms with van der Waals surface area (Å²) in [5, 5.41) is 21.5. The van der Waals surface area contributed by atoms with Gasteiger partial charge in [-0.1, -0.05) is 0 Å². The van der Waals surface area contributed by atoms with Crippen LogP contribution in [0.25, 0.3) is 0 Å². The Morgan fingerprint density at radius 1 is 1.08 bits per heavy atom. The Labute approximate surface area is 71.9 Å². The van der Waals surface area contributed by atoms with E-state index < -0.39 is 19.8 Å². The van der Waals surface area contributed by atoms with Crippen molar-refractivity contribution in [2.75, 3.05) is 13.2 Å². The summed E-state index contributed by atoms with van der Waals surface area (Å²) in [4.78, 5) is 0. The topological polar surface area (TPSA) is 79.2 Å². The molecule has 0 aromatic rings. The first-order valence-electron chi connectivity index (χ1n) is 3.18. The molecule has 0 saturated carbocycles. The number of halogens is 3. The van der Waals surface area contributed by atoms with Gasteiger partial charge in [-0.2, -0.15) is 13.2 Å². The minimum Gasteiger partial charge on any atom is -0.402 e. The highest BCUT2D eigenvalue weighted by Gasteiger charge is 2.44. The van der Waals surface area contributed by atoms with Crippen LogP contribution >= 0.6 is 0 Å². The third-order valence-electron chi connectivity index (χ3n) is 0.889. The van der Waals surface area contributed by atoms with Crippen molar-refractivity contribution in [3.63, 3.8) is 0 Å². The lowest BCUT2D eigenvalue weighted by Gasteiger charge is -2.11. The maximum Gasteiger partial charge on any atom is 0.631 e. The van der Waals surface area contributed by atoms with Crippen molar-refractivity contribution in [3.8, 4) is 0 Å². The van der Waals surface area contributed by atoms with Crippen LogP contribution in [0.1, 0.15) is 0 Å². The van der Waals surface area contributed by atoms with Crippen molar-refractivity contribution in [3.05, 3.63) is 0 Å². The molecule has 1 rings (SSSR count). The molecule has 1 saturated heterocycles. The molecule has 5 nitrogen and oxygen atoms in total. The second-order valence-corrected chi connectivity index (χ2v) is 1.96. The molecule has 3 N–H and O–H groups in total. The van der Waals surface area contributed by atoms with Crippen molar-refractivity contribution in [1.82, 2.24) is 0 Å². The van der Waals surface area contributed by atoms with E-state index in [0.717, 1.165) is 0 Å². The maximum absolute atomic E-state index is 11.5. The van der Waals surface area contributed by atoms with E-state index in [2.05, 4.69) is 9.47 Å². The normalized spacial score (nSPS) is 18.0. The molecule has 13 heavy (non-hydrogen) atoms. The molecule has 78 valence electrons. The summed E-state index contributed by atoms with van der Waals surface area (Å²) in [6, 6.07) is 0. The van der Waals surface area contributed by atoms with Gasteiger partial charge in [0.1, 0.15) is 0 Å². The minimum absolute atomic E-state index is 0.0319. The number of rotatable bonds is 0. The fourth-order valence-corrected chi connectivity index (χ4v) is 0.547. The van der Waals surface area contributed by atoms with E-state index in [1.54, 1.807) is 0 Å². The van der Waals surface area contributed by atoms with Gasteiger partial charge in [0, 0.05) is 0 Å². The molecule has 0 aromatic carbocycles. The maximum atomic E-state index is 11.5. The average molecular weight is 204 g/mol. The van der Waals surface area contributed by atoms with Crippen LogP contribution in [0.5, 0.6) is 0 Å². The zero-order valence-electron chi connectivity index (χ0n) is 6.36. The summed E-state index contributed by atoms with van der Waals surface area (Å²) in [5.41, 5.74) is 0. The first kappa shape index (κ1) is 12.7. The number of alkyl halides is 3. The molecular formula is C4H8BF3O5. The molecule has 9 heteroatoms. The summed E-state index contributed by atoms with van der Waals surface area (Å²) in [6.45, 7) is 0.0638. The van der Waals surface area contributed by atoms with Gasteiger partial charge in [-0.3, -0.25) is 0 Å². The van der Waals surface area contributed by atoms with Gasteiger partial charge >= 0.3 is 13.5 Å². The SMILES string of the molecule is FC(F)(F)C1OCCO1.OB(O)O. The van der Waals surface area contributed by atoms with Gasteiger partial charge < -0.3 is 24.5 Å². The molecule has 0 atom stereocenters. The Kier molecular flexibility index (Phi) is 5.26. The summed E-state index contributed by atoms with van der Waals surface area (Å²) in [5.74, 6) is 0. The number of ether oxygens (including phenoxy) is 2. The molecule has 0 bridgehead atoms. The van der Waals surface area contributed by atoms with Gasteiger partial charge in [0.15, 0.2) is 0 Å². The molecular weight excluding hydrogens is 196 g/mol. The van der Waals surface area contributed by atoms with E-state index in [-0.39, 0.29) is 13.2 Å². The van der Waals surface area contributed by atoms with E-state index in [1.807, 2.05) is 0 Å². The van der Waals surface area contributed by atoms with E-state index in [1.165, 1.54) is 0 Å². The van der Waals surface area contributed by atoms with Crippen molar-refractivity contribution in [2.24, 2.45) is 0 Å². The quantitative estimate of drug-likeness (QED) is 0.435. The summed E-state index contributed by atoms with van der Waals surface area (Å²) in [6.07, 6.45) is -6.35. The van der Waals surface area contributed by atoms with Crippen LogP contribution in [0, 0.1) is 0 Å². The molecule has 0 aliphatic carbocycles. The fourth-order valence-electron chi connectivity index (χ4n) is 0.547. The predicted octanol–water partition coefficient (Wildman–Crippen LogP) is -1.13. The molecule has 0 spiro atoms.